The van der Waals surface area contributed by atoms with E-state index in [9.17, 15) is 13.2 Å². The molecule has 1 fully saturated rings. The van der Waals surface area contributed by atoms with Crippen LogP contribution < -0.4 is 5.73 Å². The van der Waals surface area contributed by atoms with Crippen molar-refractivity contribution in [3.05, 3.63) is 35.4 Å². The van der Waals surface area contributed by atoms with E-state index in [1.54, 1.807) is 0 Å². The summed E-state index contributed by atoms with van der Waals surface area (Å²) in [6.45, 7) is 2.11. The van der Waals surface area contributed by atoms with E-state index in [1.165, 1.54) is 5.56 Å². The molecule has 4 heteroatoms. The molecule has 0 aliphatic heterocycles. The Morgan fingerprint density at radius 1 is 1.14 bits per heavy atom. The fourth-order valence-corrected chi connectivity index (χ4v) is 3.44. The van der Waals surface area contributed by atoms with Gasteiger partial charge in [0.25, 0.3) is 0 Å². The minimum absolute atomic E-state index is 0.218. The summed E-state index contributed by atoms with van der Waals surface area (Å²) in [5, 5.41) is 0. The second-order valence-electron chi connectivity index (χ2n) is 6.11. The largest absolute Gasteiger partial charge is 0.392 e. The summed E-state index contributed by atoms with van der Waals surface area (Å²) < 4.78 is 39.5. The van der Waals surface area contributed by atoms with Crippen LogP contribution in [0.25, 0.3) is 0 Å². The Hall–Kier alpha value is -1.03. The molecule has 1 aromatic rings. The summed E-state index contributed by atoms with van der Waals surface area (Å²) in [7, 11) is 0. The lowest BCUT2D eigenvalue weighted by Crippen LogP contribution is -2.38. The molecule has 0 radical (unpaired) electrons. The summed E-state index contributed by atoms with van der Waals surface area (Å²) in [4.78, 5) is 0. The fraction of sp³-hybridized carbons (Fsp3) is 0.647. The topological polar surface area (TPSA) is 26.0 Å². The van der Waals surface area contributed by atoms with Crippen molar-refractivity contribution < 1.29 is 13.2 Å². The smallest absolute Gasteiger partial charge is 0.324 e. The molecule has 0 spiro atoms. The monoisotopic (exact) mass is 299 g/mol. The van der Waals surface area contributed by atoms with E-state index in [1.807, 2.05) is 24.3 Å². The summed E-state index contributed by atoms with van der Waals surface area (Å²) in [6, 6.07) is 7.26. The van der Waals surface area contributed by atoms with Gasteiger partial charge in [0.05, 0.1) is 5.92 Å². The number of aryl methyl sites for hydroxylation is 1. The molecule has 0 bridgehead atoms. The minimum Gasteiger partial charge on any atom is -0.324 e. The van der Waals surface area contributed by atoms with Crippen LogP contribution in [-0.4, -0.2) is 6.18 Å². The van der Waals surface area contributed by atoms with Gasteiger partial charge in [-0.25, -0.2) is 0 Å². The highest BCUT2D eigenvalue weighted by molar-refractivity contribution is 5.25. The van der Waals surface area contributed by atoms with Crippen molar-refractivity contribution in [3.8, 4) is 0 Å². The SMILES string of the molecule is CCCc1ccc(C(N)C2CCCCC2C(F)(F)F)cc1. The number of halogens is 3. The molecule has 2 N–H and O–H groups in total. The van der Waals surface area contributed by atoms with Crippen molar-refractivity contribution in [2.24, 2.45) is 17.6 Å². The second-order valence-corrected chi connectivity index (χ2v) is 6.11. The van der Waals surface area contributed by atoms with Crippen LogP contribution in [0.5, 0.6) is 0 Å². The van der Waals surface area contributed by atoms with Crippen molar-refractivity contribution in [3.63, 3.8) is 0 Å². The van der Waals surface area contributed by atoms with Gasteiger partial charge in [0.2, 0.25) is 0 Å². The van der Waals surface area contributed by atoms with Crippen molar-refractivity contribution in [1.29, 1.82) is 0 Å². The Balaban J connectivity index is 2.14. The number of hydrogen-bond acceptors (Lipinski definition) is 1. The summed E-state index contributed by atoms with van der Waals surface area (Å²) in [5.41, 5.74) is 8.22. The molecular weight excluding hydrogens is 275 g/mol. The normalized spacial score (nSPS) is 24.8. The number of rotatable bonds is 4. The lowest BCUT2D eigenvalue weighted by atomic mass is 9.73. The van der Waals surface area contributed by atoms with E-state index in [-0.39, 0.29) is 6.42 Å². The van der Waals surface area contributed by atoms with Gasteiger partial charge in [-0.1, -0.05) is 50.5 Å². The number of hydrogen-bond donors (Lipinski definition) is 1. The minimum atomic E-state index is -4.13. The molecule has 3 unspecified atom stereocenters. The molecule has 1 aromatic carbocycles. The highest BCUT2D eigenvalue weighted by Crippen LogP contribution is 2.45. The highest BCUT2D eigenvalue weighted by Gasteiger charge is 2.47. The van der Waals surface area contributed by atoms with Crippen LogP contribution in [0.1, 0.15) is 56.2 Å². The summed E-state index contributed by atoms with van der Waals surface area (Å²) in [5.74, 6) is -1.74. The Morgan fingerprint density at radius 2 is 1.76 bits per heavy atom. The van der Waals surface area contributed by atoms with Crippen LogP contribution >= 0.6 is 0 Å². The average Bonchev–Trinajstić information content (AvgIpc) is 2.47. The van der Waals surface area contributed by atoms with E-state index in [0.29, 0.717) is 12.8 Å². The third kappa shape index (κ3) is 4.00. The zero-order valence-electron chi connectivity index (χ0n) is 12.5. The van der Waals surface area contributed by atoms with Crippen LogP contribution in [0.4, 0.5) is 13.2 Å². The Bertz CT molecular complexity index is 438. The van der Waals surface area contributed by atoms with Gasteiger partial charge >= 0.3 is 6.18 Å². The molecule has 0 amide bonds. The van der Waals surface area contributed by atoms with Crippen molar-refractivity contribution in [2.45, 2.75) is 57.7 Å². The van der Waals surface area contributed by atoms with Crippen LogP contribution in [-0.2, 0) is 6.42 Å². The molecule has 2 rings (SSSR count). The average molecular weight is 299 g/mol. The van der Waals surface area contributed by atoms with Crippen molar-refractivity contribution >= 4 is 0 Å². The maximum absolute atomic E-state index is 13.2. The summed E-state index contributed by atoms with van der Waals surface area (Å²) >= 11 is 0. The lowest BCUT2D eigenvalue weighted by molar-refractivity contribution is -0.198. The Morgan fingerprint density at radius 3 is 2.33 bits per heavy atom. The van der Waals surface area contributed by atoms with Gasteiger partial charge in [0, 0.05) is 6.04 Å². The molecule has 1 aliphatic carbocycles. The predicted molar refractivity (Wildman–Crippen MR) is 78.9 cm³/mol. The second kappa shape index (κ2) is 6.82. The van der Waals surface area contributed by atoms with Gasteiger partial charge in [0.15, 0.2) is 0 Å². The van der Waals surface area contributed by atoms with E-state index in [4.69, 9.17) is 5.73 Å². The van der Waals surface area contributed by atoms with Crippen LogP contribution in [0.15, 0.2) is 24.3 Å². The molecule has 3 atom stereocenters. The number of nitrogens with two attached hydrogens (primary N) is 1. The van der Waals surface area contributed by atoms with E-state index >= 15 is 0 Å². The standard InChI is InChI=1S/C17H24F3N/c1-2-5-12-8-10-13(11-9-12)16(21)14-6-3-4-7-15(14)17(18,19)20/h8-11,14-16H,2-7,21H2,1H3. The van der Waals surface area contributed by atoms with Gasteiger partial charge in [-0.3, -0.25) is 0 Å². The zero-order valence-corrected chi connectivity index (χ0v) is 12.5. The first kappa shape index (κ1) is 16.3. The maximum Gasteiger partial charge on any atom is 0.392 e. The first-order valence-corrected chi connectivity index (χ1v) is 7.84. The molecule has 1 aliphatic rings. The van der Waals surface area contributed by atoms with Gasteiger partial charge in [-0.15, -0.1) is 0 Å². The zero-order chi connectivity index (χ0) is 15.5. The number of benzene rings is 1. The van der Waals surface area contributed by atoms with E-state index < -0.39 is 24.1 Å². The maximum atomic E-state index is 13.2. The Kier molecular flexibility index (Phi) is 5.31. The fourth-order valence-electron chi connectivity index (χ4n) is 3.44. The third-order valence-electron chi connectivity index (χ3n) is 4.60. The van der Waals surface area contributed by atoms with Gasteiger partial charge in [0.1, 0.15) is 0 Å². The highest BCUT2D eigenvalue weighted by atomic mass is 19.4. The molecular formula is C17H24F3N. The molecule has 0 saturated heterocycles. The molecule has 1 saturated carbocycles. The quantitative estimate of drug-likeness (QED) is 0.831. The van der Waals surface area contributed by atoms with Crippen LogP contribution in [0, 0.1) is 11.8 Å². The van der Waals surface area contributed by atoms with E-state index in [0.717, 1.165) is 24.8 Å². The van der Waals surface area contributed by atoms with E-state index in [2.05, 4.69) is 6.92 Å². The van der Waals surface area contributed by atoms with Gasteiger partial charge < -0.3 is 5.73 Å². The molecule has 1 nitrogen and oxygen atoms in total. The number of alkyl halides is 3. The molecule has 118 valence electrons. The van der Waals surface area contributed by atoms with Gasteiger partial charge in [-0.05, 0) is 36.3 Å². The van der Waals surface area contributed by atoms with Crippen molar-refractivity contribution in [1.82, 2.24) is 0 Å². The predicted octanol–water partition coefficient (Wildman–Crippen LogP) is 5.01. The first-order valence-electron chi connectivity index (χ1n) is 7.84. The van der Waals surface area contributed by atoms with Crippen molar-refractivity contribution in [2.75, 3.05) is 0 Å². The molecule has 0 heterocycles. The molecule has 21 heavy (non-hydrogen) atoms. The van der Waals surface area contributed by atoms with Crippen LogP contribution in [0.3, 0.4) is 0 Å². The van der Waals surface area contributed by atoms with Crippen LogP contribution in [0.2, 0.25) is 0 Å². The van der Waals surface area contributed by atoms with Gasteiger partial charge in [-0.2, -0.15) is 13.2 Å². The molecule has 0 aromatic heterocycles. The Labute approximate surface area is 124 Å². The lowest BCUT2D eigenvalue weighted by Gasteiger charge is -2.36. The first-order chi connectivity index (χ1) is 9.93. The summed E-state index contributed by atoms with van der Waals surface area (Å²) in [6.07, 6.45) is 0.207. The third-order valence-corrected chi connectivity index (χ3v) is 4.60.